The molecule has 1 aromatic carbocycles. The Bertz CT molecular complexity index is 456. The van der Waals surface area contributed by atoms with E-state index >= 15 is 0 Å². The average molecular weight is 233 g/mol. The largest absolute Gasteiger partial charge is 0.294 e. The van der Waals surface area contributed by atoms with Gasteiger partial charge in [0, 0.05) is 5.54 Å². The van der Waals surface area contributed by atoms with Crippen LogP contribution in [0.3, 0.4) is 0 Å². The van der Waals surface area contributed by atoms with E-state index in [4.69, 9.17) is 5.84 Å². The quantitative estimate of drug-likeness (QED) is 0.382. The van der Waals surface area contributed by atoms with E-state index in [1.165, 1.54) is 5.56 Å². The van der Waals surface area contributed by atoms with E-state index in [1.807, 2.05) is 25.1 Å². The van der Waals surface area contributed by atoms with Crippen molar-refractivity contribution in [2.45, 2.75) is 38.3 Å². The predicted molar refractivity (Wildman–Crippen MR) is 67.0 cm³/mol. The van der Waals surface area contributed by atoms with Gasteiger partial charge in [-0.05, 0) is 38.3 Å². The average Bonchev–Trinajstić information content (AvgIpc) is 2.26. The van der Waals surface area contributed by atoms with Crippen LogP contribution in [0.4, 0.5) is 0 Å². The van der Waals surface area contributed by atoms with Gasteiger partial charge >= 0.3 is 0 Å². The molecule has 4 heteroatoms. The molecular formula is C13H19N3O. The number of amides is 1. The van der Waals surface area contributed by atoms with Crippen molar-refractivity contribution in [1.82, 2.24) is 10.7 Å². The zero-order chi connectivity index (χ0) is 12.7. The van der Waals surface area contributed by atoms with E-state index in [1.54, 1.807) is 0 Å². The lowest BCUT2D eigenvalue weighted by atomic mass is 9.76. The van der Waals surface area contributed by atoms with Crippen LogP contribution in [-0.4, -0.2) is 11.4 Å². The third-order valence-electron chi connectivity index (χ3n) is 3.36. The Hall–Kier alpha value is -1.39. The molecule has 0 saturated carbocycles. The first-order valence-electron chi connectivity index (χ1n) is 5.78. The summed E-state index contributed by atoms with van der Waals surface area (Å²) < 4.78 is 0. The summed E-state index contributed by atoms with van der Waals surface area (Å²) in [5.74, 6) is 5.08. The van der Waals surface area contributed by atoms with Crippen LogP contribution >= 0.6 is 0 Å². The lowest BCUT2D eigenvalue weighted by Crippen LogP contribution is -2.63. The molecule has 92 valence electrons. The molecule has 0 aliphatic carbocycles. The van der Waals surface area contributed by atoms with Crippen LogP contribution in [0.25, 0.3) is 0 Å². The van der Waals surface area contributed by atoms with Crippen molar-refractivity contribution in [2.24, 2.45) is 5.84 Å². The molecule has 1 aromatic rings. The number of nitrogens with two attached hydrogens (primary N) is 1. The Balaban J connectivity index is 2.57. The van der Waals surface area contributed by atoms with Crippen LogP contribution in [0, 0.1) is 0 Å². The number of nitrogens with one attached hydrogen (secondary N) is 2. The Morgan fingerprint density at radius 1 is 1.35 bits per heavy atom. The number of carbonyl (C=O) groups excluding carboxylic acids is 1. The minimum absolute atomic E-state index is 0.129. The van der Waals surface area contributed by atoms with Crippen LogP contribution in [0.15, 0.2) is 24.3 Å². The Kier molecular flexibility index (Phi) is 2.72. The highest BCUT2D eigenvalue weighted by Crippen LogP contribution is 2.34. The van der Waals surface area contributed by atoms with Crippen LogP contribution in [-0.2, 0) is 16.8 Å². The third-order valence-corrected chi connectivity index (χ3v) is 3.36. The van der Waals surface area contributed by atoms with Crippen LogP contribution in [0.5, 0.6) is 0 Å². The number of carbonyl (C=O) groups is 1. The molecule has 4 N–H and O–H groups in total. The molecule has 1 heterocycles. The number of benzene rings is 1. The molecule has 0 aromatic heterocycles. The van der Waals surface area contributed by atoms with Gasteiger partial charge in [0.25, 0.3) is 5.91 Å². The SMILES string of the molecule is CC1(C)Cc2ccccc2[C@@](C)(C(=O)NN)N1. The first kappa shape index (κ1) is 12.1. The molecule has 0 saturated heterocycles. The molecule has 0 radical (unpaired) electrons. The Morgan fingerprint density at radius 3 is 2.65 bits per heavy atom. The second kappa shape index (κ2) is 3.82. The van der Waals surface area contributed by atoms with Gasteiger partial charge in [0.15, 0.2) is 0 Å². The van der Waals surface area contributed by atoms with Gasteiger partial charge in [-0.25, -0.2) is 5.84 Å². The van der Waals surface area contributed by atoms with Crippen LogP contribution < -0.4 is 16.6 Å². The van der Waals surface area contributed by atoms with Crippen molar-refractivity contribution < 1.29 is 4.79 Å². The maximum Gasteiger partial charge on any atom is 0.258 e. The summed E-state index contributed by atoms with van der Waals surface area (Å²) in [6.07, 6.45) is 0.899. The topological polar surface area (TPSA) is 67.2 Å². The fourth-order valence-electron chi connectivity index (χ4n) is 2.75. The number of fused-ring (bicyclic) bond motifs is 1. The summed E-state index contributed by atoms with van der Waals surface area (Å²) in [5.41, 5.74) is 3.55. The molecule has 1 atom stereocenters. The Morgan fingerprint density at radius 2 is 2.00 bits per heavy atom. The number of hydrogen-bond acceptors (Lipinski definition) is 3. The maximum absolute atomic E-state index is 12.0. The molecule has 0 fully saturated rings. The first-order valence-corrected chi connectivity index (χ1v) is 5.78. The fraction of sp³-hybridized carbons (Fsp3) is 0.462. The van der Waals surface area contributed by atoms with Crippen LogP contribution in [0.1, 0.15) is 31.9 Å². The predicted octanol–water partition coefficient (Wildman–Crippen LogP) is 0.816. The summed E-state index contributed by atoms with van der Waals surface area (Å²) in [5, 5.41) is 3.38. The maximum atomic E-state index is 12.0. The minimum atomic E-state index is -0.771. The second-order valence-electron chi connectivity index (χ2n) is 5.44. The highest BCUT2D eigenvalue weighted by atomic mass is 16.2. The molecule has 0 spiro atoms. The van der Waals surface area contributed by atoms with Crippen molar-refractivity contribution >= 4 is 5.91 Å². The van der Waals surface area contributed by atoms with E-state index in [9.17, 15) is 4.79 Å². The smallest absolute Gasteiger partial charge is 0.258 e. The van der Waals surface area contributed by atoms with Crippen molar-refractivity contribution in [3.63, 3.8) is 0 Å². The summed E-state index contributed by atoms with van der Waals surface area (Å²) in [7, 11) is 0. The first-order chi connectivity index (χ1) is 7.89. The number of hydrazine groups is 1. The Labute approximate surface area is 102 Å². The zero-order valence-corrected chi connectivity index (χ0v) is 10.5. The van der Waals surface area contributed by atoms with Gasteiger partial charge < -0.3 is 0 Å². The normalized spacial score (nSPS) is 26.1. The monoisotopic (exact) mass is 233 g/mol. The van der Waals surface area contributed by atoms with Gasteiger partial charge in [0.2, 0.25) is 0 Å². The lowest BCUT2D eigenvalue weighted by Gasteiger charge is -2.44. The van der Waals surface area contributed by atoms with E-state index in [2.05, 4.69) is 30.7 Å². The second-order valence-corrected chi connectivity index (χ2v) is 5.44. The van der Waals surface area contributed by atoms with E-state index < -0.39 is 5.54 Å². The minimum Gasteiger partial charge on any atom is -0.294 e. The summed E-state index contributed by atoms with van der Waals surface area (Å²) in [6, 6.07) is 7.99. The van der Waals surface area contributed by atoms with Crippen molar-refractivity contribution in [1.29, 1.82) is 0 Å². The molecule has 1 aliphatic heterocycles. The highest BCUT2D eigenvalue weighted by Gasteiger charge is 2.44. The molecule has 4 nitrogen and oxygen atoms in total. The highest BCUT2D eigenvalue weighted by molar-refractivity contribution is 5.87. The molecule has 0 bridgehead atoms. The molecule has 2 rings (SSSR count). The van der Waals surface area contributed by atoms with E-state index in [-0.39, 0.29) is 11.4 Å². The van der Waals surface area contributed by atoms with Gasteiger partial charge in [-0.2, -0.15) is 0 Å². The van der Waals surface area contributed by atoms with Gasteiger partial charge in [-0.1, -0.05) is 24.3 Å². The van der Waals surface area contributed by atoms with E-state index in [0.717, 1.165) is 12.0 Å². The summed E-state index contributed by atoms with van der Waals surface area (Å²) in [6.45, 7) is 6.05. The van der Waals surface area contributed by atoms with Gasteiger partial charge in [-0.15, -0.1) is 0 Å². The molecular weight excluding hydrogens is 214 g/mol. The molecule has 1 aliphatic rings. The molecule has 0 unspecified atom stereocenters. The van der Waals surface area contributed by atoms with Crippen LogP contribution in [0.2, 0.25) is 0 Å². The lowest BCUT2D eigenvalue weighted by molar-refractivity contribution is -0.128. The summed E-state index contributed by atoms with van der Waals surface area (Å²) in [4.78, 5) is 12.0. The fourth-order valence-corrected chi connectivity index (χ4v) is 2.75. The van der Waals surface area contributed by atoms with Crippen molar-refractivity contribution in [2.75, 3.05) is 0 Å². The number of hydrogen-bond donors (Lipinski definition) is 3. The van der Waals surface area contributed by atoms with Gasteiger partial charge in [0.1, 0.15) is 5.54 Å². The number of rotatable bonds is 1. The van der Waals surface area contributed by atoms with Gasteiger partial charge in [-0.3, -0.25) is 15.5 Å². The zero-order valence-electron chi connectivity index (χ0n) is 10.5. The summed E-state index contributed by atoms with van der Waals surface area (Å²) >= 11 is 0. The third kappa shape index (κ3) is 1.94. The standard InChI is InChI=1S/C13H19N3O/c1-12(2)8-9-6-4-5-7-10(9)13(3,16-12)11(17)15-14/h4-7,16H,8,14H2,1-3H3,(H,15,17)/t13-/m0/s1. The van der Waals surface area contributed by atoms with Gasteiger partial charge in [0.05, 0.1) is 0 Å². The molecule has 1 amide bonds. The van der Waals surface area contributed by atoms with Crippen molar-refractivity contribution in [3.05, 3.63) is 35.4 Å². The van der Waals surface area contributed by atoms with Crippen molar-refractivity contribution in [3.8, 4) is 0 Å². The van der Waals surface area contributed by atoms with E-state index in [0.29, 0.717) is 0 Å². The molecule has 17 heavy (non-hydrogen) atoms.